The summed E-state index contributed by atoms with van der Waals surface area (Å²) in [6, 6.07) is 13.2. The van der Waals surface area contributed by atoms with Crippen molar-refractivity contribution in [2.45, 2.75) is 89.7 Å². The number of alkyl carbamates (subject to hydrolysis) is 1. The summed E-state index contributed by atoms with van der Waals surface area (Å²) in [5, 5.41) is 3.81. The van der Waals surface area contributed by atoms with Crippen LogP contribution in [-0.2, 0) is 22.4 Å². The van der Waals surface area contributed by atoms with Crippen molar-refractivity contribution in [3.63, 3.8) is 0 Å². The van der Waals surface area contributed by atoms with Crippen LogP contribution in [-0.4, -0.2) is 66.2 Å². The Bertz CT molecular complexity index is 1170. The van der Waals surface area contributed by atoms with Gasteiger partial charge in [-0.2, -0.15) is 0 Å². The molecule has 2 aliphatic rings. The number of hydrogen-bond acceptors (Lipinski definition) is 4. The molecular formula is C33H45Cl2N3O3. The molecule has 0 unspecified atom stereocenters. The van der Waals surface area contributed by atoms with E-state index in [9.17, 15) is 9.59 Å². The lowest BCUT2D eigenvalue weighted by Crippen LogP contribution is -2.52. The number of ether oxygens (including phenoxy) is 1. The molecule has 2 amide bonds. The van der Waals surface area contributed by atoms with Crippen LogP contribution in [0.5, 0.6) is 0 Å². The Kier molecular flexibility index (Phi) is 11.4. The number of likely N-dealkylation sites (tertiary alicyclic amines) is 2. The van der Waals surface area contributed by atoms with E-state index in [1.54, 1.807) is 39.0 Å². The second-order valence-corrected chi connectivity index (χ2v) is 13.3. The Morgan fingerprint density at radius 3 is 2.37 bits per heavy atom. The molecule has 1 atom stereocenters. The van der Waals surface area contributed by atoms with Crippen molar-refractivity contribution in [3.8, 4) is 0 Å². The summed E-state index contributed by atoms with van der Waals surface area (Å²) in [6.07, 6.45) is 7.68. The van der Waals surface area contributed by atoms with Gasteiger partial charge in [0.25, 0.3) is 0 Å². The lowest BCUT2D eigenvalue weighted by molar-refractivity contribution is -0.134. The average Bonchev–Trinajstić information content (AvgIpc) is 3.45. The third kappa shape index (κ3) is 9.62. The van der Waals surface area contributed by atoms with Crippen molar-refractivity contribution in [2.24, 2.45) is 0 Å². The molecule has 2 fully saturated rings. The van der Waals surface area contributed by atoms with Crippen LogP contribution in [0.1, 0.15) is 81.9 Å². The molecule has 0 saturated carbocycles. The van der Waals surface area contributed by atoms with Crippen molar-refractivity contribution in [1.29, 1.82) is 0 Å². The second kappa shape index (κ2) is 14.8. The zero-order valence-electron chi connectivity index (χ0n) is 24.8. The first kappa shape index (κ1) is 31.7. The highest BCUT2D eigenvalue weighted by Gasteiger charge is 2.32. The van der Waals surface area contributed by atoms with Gasteiger partial charge in [0.05, 0.1) is 0 Å². The van der Waals surface area contributed by atoms with Crippen molar-refractivity contribution < 1.29 is 14.3 Å². The molecule has 4 rings (SSSR count). The standard InChI is InChI=1S/C33H45Cl2N3O3/c1-33(2,3)41-32(40)36-30(22-26-13-14-27(34)23-29(26)35)31(39)38-20-15-25(16-21-38)28-12-5-4-10-24(28)11-6-7-17-37-18-8-9-19-37/h4-5,10,12-14,23,25,30H,6-9,11,15-22H2,1-3H3,(H,36,40)/t30-/m1/s1. The fourth-order valence-corrected chi connectivity index (χ4v) is 6.49. The van der Waals surface area contributed by atoms with E-state index >= 15 is 0 Å². The summed E-state index contributed by atoms with van der Waals surface area (Å²) in [4.78, 5) is 30.9. The lowest BCUT2D eigenvalue weighted by atomic mass is 9.85. The minimum absolute atomic E-state index is 0.115. The fourth-order valence-electron chi connectivity index (χ4n) is 6.01. The Balaban J connectivity index is 1.37. The van der Waals surface area contributed by atoms with Crippen molar-refractivity contribution in [2.75, 3.05) is 32.7 Å². The van der Waals surface area contributed by atoms with Gasteiger partial charge in [-0.25, -0.2) is 4.79 Å². The van der Waals surface area contributed by atoms with Crippen molar-refractivity contribution in [3.05, 3.63) is 69.2 Å². The van der Waals surface area contributed by atoms with Crippen LogP contribution < -0.4 is 5.32 Å². The molecule has 41 heavy (non-hydrogen) atoms. The molecule has 0 aliphatic carbocycles. The highest BCUT2D eigenvalue weighted by atomic mass is 35.5. The summed E-state index contributed by atoms with van der Waals surface area (Å²) in [5.41, 5.74) is 2.95. The van der Waals surface area contributed by atoms with Crippen LogP contribution in [0, 0.1) is 0 Å². The first-order valence-electron chi connectivity index (χ1n) is 15.1. The summed E-state index contributed by atoms with van der Waals surface area (Å²) in [5.74, 6) is 0.312. The van der Waals surface area contributed by atoms with Gasteiger partial charge >= 0.3 is 6.09 Å². The maximum Gasteiger partial charge on any atom is 0.408 e. The molecule has 2 aliphatic heterocycles. The highest BCUT2D eigenvalue weighted by Crippen LogP contribution is 2.32. The van der Waals surface area contributed by atoms with E-state index in [2.05, 4.69) is 34.5 Å². The summed E-state index contributed by atoms with van der Waals surface area (Å²) in [6.45, 7) is 10.4. The van der Waals surface area contributed by atoms with Crippen LogP contribution in [0.25, 0.3) is 0 Å². The number of hydrogen-bond donors (Lipinski definition) is 1. The van der Waals surface area contributed by atoms with Gasteiger partial charge in [0.1, 0.15) is 11.6 Å². The Hall–Kier alpha value is -2.28. The number of aryl methyl sites for hydroxylation is 1. The number of amides is 2. The van der Waals surface area contributed by atoms with Gasteiger partial charge in [-0.3, -0.25) is 4.79 Å². The number of piperidine rings is 1. The van der Waals surface area contributed by atoms with E-state index in [1.807, 2.05) is 4.90 Å². The van der Waals surface area contributed by atoms with Crippen LogP contribution in [0.4, 0.5) is 4.79 Å². The Labute approximate surface area is 255 Å². The maximum atomic E-state index is 13.8. The van der Waals surface area contributed by atoms with Crippen LogP contribution in [0.3, 0.4) is 0 Å². The van der Waals surface area contributed by atoms with Crippen molar-refractivity contribution >= 4 is 35.2 Å². The van der Waals surface area contributed by atoms with E-state index in [-0.39, 0.29) is 12.3 Å². The van der Waals surface area contributed by atoms with Gasteiger partial charge < -0.3 is 19.9 Å². The molecule has 2 aromatic rings. The molecule has 0 radical (unpaired) electrons. The molecule has 0 bridgehead atoms. The number of nitrogens with zero attached hydrogens (tertiary/aromatic N) is 2. The number of carbonyl (C=O) groups excluding carboxylic acids is 2. The van der Waals surface area contributed by atoms with Crippen LogP contribution >= 0.6 is 23.2 Å². The van der Waals surface area contributed by atoms with Gasteiger partial charge in [0, 0.05) is 29.6 Å². The van der Waals surface area contributed by atoms with E-state index in [4.69, 9.17) is 27.9 Å². The predicted octanol–water partition coefficient (Wildman–Crippen LogP) is 7.25. The molecule has 1 N–H and O–H groups in total. The molecule has 8 heteroatoms. The number of carbonyl (C=O) groups is 2. The van der Waals surface area contributed by atoms with Gasteiger partial charge in [-0.1, -0.05) is 53.5 Å². The monoisotopic (exact) mass is 601 g/mol. The van der Waals surface area contributed by atoms with Gasteiger partial charge in [0.15, 0.2) is 0 Å². The average molecular weight is 603 g/mol. The van der Waals surface area contributed by atoms with Gasteiger partial charge in [0.2, 0.25) is 5.91 Å². The number of halogens is 2. The molecule has 224 valence electrons. The zero-order chi connectivity index (χ0) is 29.4. The van der Waals surface area contributed by atoms with E-state index in [0.29, 0.717) is 29.1 Å². The summed E-state index contributed by atoms with van der Waals surface area (Å²) < 4.78 is 5.47. The topological polar surface area (TPSA) is 61.9 Å². The molecule has 0 spiro atoms. The molecular weight excluding hydrogens is 557 g/mol. The zero-order valence-corrected chi connectivity index (χ0v) is 26.3. The number of nitrogens with one attached hydrogen (secondary N) is 1. The molecule has 2 aromatic carbocycles. The van der Waals surface area contributed by atoms with E-state index < -0.39 is 17.7 Å². The van der Waals surface area contributed by atoms with Crippen LogP contribution in [0.15, 0.2) is 42.5 Å². The maximum absolute atomic E-state index is 13.8. The van der Waals surface area contributed by atoms with Gasteiger partial charge in [-0.15, -0.1) is 0 Å². The first-order chi connectivity index (χ1) is 19.6. The Morgan fingerprint density at radius 2 is 1.68 bits per heavy atom. The lowest BCUT2D eigenvalue weighted by Gasteiger charge is -2.35. The normalized spacial score (nSPS) is 17.4. The molecule has 0 aromatic heterocycles. The second-order valence-electron chi connectivity index (χ2n) is 12.4. The number of benzene rings is 2. The minimum Gasteiger partial charge on any atom is -0.444 e. The van der Waals surface area contributed by atoms with E-state index in [1.165, 1.54) is 56.4 Å². The SMILES string of the molecule is CC(C)(C)OC(=O)N[C@H](Cc1ccc(Cl)cc1Cl)C(=O)N1CCC(c2ccccc2CCCCN2CCCC2)CC1. The molecule has 2 saturated heterocycles. The first-order valence-corrected chi connectivity index (χ1v) is 15.9. The highest BCUT2D eigenvalue weighted by molar-refractivity contribution is 6.35. The third-order valence-corrected chi connectivity index (χ3v) is 8.69. The minimum atomic E-state index is -0.789. The third-order valence-electron chi connectivity index (χ3n) is 8.10. The van der Waals surface area contributed by atoms with Crippen LogP contribution in [0.2, 0.25) is 10.0 Å². The smallest absolute Gasteiger partial charge is 0.408 e. The summed E-state index contributed by atoms with van der Waals surface area (Å²) >= 11 is 12.5. The fraction of sp³-hybridized carbons (Fsp3) is 0.576. The van der Waals surface area contributed by atoms with Gasteiger partial charge in [-0.05, 0) is 120 Å². The quantitative estimate of drug-likeness (QED) is 0.291. The largest absolute Gasteiger partial charge is 0.444 e. The predicted molar refractivity (Wildman–Crippen MR) is 167 cm³/mol. The summed E-state index contributed by atoms with van der Waals surface area (Å²) in [7, 11) is 0. The number of unbranched alkanes of at least 4 members (excludes halogenated alkanes) is 1. The molecule has 2 heterocycles. The van der Waals surface area contributed by atoms with Crippen molar-refractivity contribution in [1.82, 2.24) is 15.1 Å². The van der Waals surface area contributed by atoms with E-state index in [0.717, 1.165) is 24.8 Å². The molecule has 6 nitrogen and oxygen atoms in total. The Morgan fingerprint density at radius 1 is 0.976 bits per heavy atom. The number of rotatable bonds is 10.